The summed E-state index contributed by atoms with van der Waals surface area (Å²) in [6, 6.07) is 8.68. The lowest BCUT2D eigenvalue weighted by Gasteiger charge is -2.48. The summed E-state index contributed by atoms with van der Waals surface area (Å²) in [7, 11) is 4.13. The third-order valence-corrected chi connectivity index (χ3v) is 5.04. The van der Waals surface area contributed by atoms with Crippen molar-refractivity contribution >= 4 is 5.69 Å². The van der Waals surface area contributed by atoms with E-state index in [0.717, 1.165) is 6.61 Å². The zero-order chi connectivity index (χ0) is 14.2. The molecule has 0 spiro atoms. The van der Waals surface area contributed by atoms with Crippen molar-refractivity contribution in [3.8, 4) is 0 Å². The van der Waals surface area contributed by atoms with E-state index in [1.807, 2.05) is 0 Å². The van der Waals surface area contributed by atoms with Gasteiger partial charge in [-0.1, -0.05) is 25.0 Å². The molecule has 0 bridgehead atoms. The summed E-state index contributed by atoms with van der Waals surface area (Å²) < 4.78 is 6.07. The quantitative estimate of drug-likeness (QED) is 0.895. The molecule has 1 N–H and O–H groups in total. The Kier molecular flexibility index (Phi) is 3.74. The molecule has 0 unspecified atom stereocenters. The van der Waals surface area contributed by atoms with Crippen molar-refractivity contribution in [2.75, 3.05) is 25.6 Å². The molecule has 1 saturated carbocycles. The summed E-state index contributed by atoms with van der Waals surface area (Å²) in [6.07, 6.45) is 5.31. The van der Waals surface area contributed by atoms with Crippen LogP contribution in [0.15, 0.2) is 24.3 Å². The van der Waals surface area contributed by atoms with Gasteiger partial charge in [-0.25, -0.2) is 0 Å². The van der Waals surface area contributed by atoms with Gasteiger partial charge in [-0.2, -0.15) is 0 Å². The summed E-state index contributed by atoms with van der Waals surface area (Å²) in [5.74, 6) is 0.675. The van der Waals surface area contributed by atoms with E-state index < -0.39 is 0 Å². The minimum absolute atomic E-state index is 0.0468. The molecule has 0 amide bonds. The van der Waals surface area contributed by atoms with Crippen LogP contribution in [-0.2, 0) is 4.74 Å². The van der Waals surface area contributed by atoms with Crippen molar-refractivity contribution in [2.24, 2.45) is 5.92 Å². The monoisotopic (exact) mass is 274 g/mol. The Morgan fingerprint density at radius 1 is 1.20 bits per heavy atom. The van der Waals surface area contributed by atoms with E-state index in [-0.39, 0.29) is 11.8 Å². The number of rotatable bonds is 2. The van der Waals surface area contributed by atoms with Crippen LogP contribution in [0.3, 0.4) is 0 Å². The molecule has 1 saturated heterocycles. The number of benzene rings is 1. The second kappa shape index (κ2) is 5.38. The fraction of sp³-hybridized carbons (Fsp3) is 0.647. The van der Waals surface area contributed by atoms with E-state index >= 15 is 0 Å². The number of nitrogens with zero attached hydrogens (tertiary/aromatic N) is 1. The lowest BCUT2D eigenvalue weighted by molar-refractivity contribution is -0.0967. The molecular formula is C17H26N2O. The van der Waals surface area contributed by atoms with Crippen molar-refractivity contribution in [3.63, 3.8) is 0 Å². The van der Waals surface area contributed by atoms with Crippen LogP contribution >= 0.6 is 0 Å². The van der Waals surface area contributed by atoms with Crippen molar-refractivity contribution in [3.05, 3.63) is 29.8 Å². The topological polar surface area (TPSA) is 24.5 Å². The average molecular weight is 274 g/mol. The minimum atomic E-state index is 0.0468. The smallest absolute Gasteiger partial charge is 0.134 e. The highest BCUT2D eigenvalue weighted by molar-refractivity contribution is 5.46. The maximum atomic E-state index is 6.07. The Morgan fingerprint density at radius 2 is 1.95 bits per heavy atom. The van der Waals surface area contributed by atoms with Gasteiger partial charge < -0.3 is 9.64 Å². The lowest BCUT2D eigenvalue weighted by atomic mass is 9.73. The molecule has 3 atom stereocenters. The van der Waals surface area contributed by atoms with E-state index in [2.05, 4.69) is 55.5 Å². The van der Waals surface area contributed by atoms with Crippen LogP contribution in [0.25, 0.3) is 0 Å². The Labute approximate surface area is 122 Å². The Hall–Kier alpha value is -1.06. The predicted octanol–water partition coefficient (Wildman–Crippen LogP) is 3.32. The third-order valence-electron chi connectivity index (χ3n) is 5.04. The summed E-state index contributed by atoms with van der Waals surface area (Å²) in [4.78, 5) is 2.12. The molecule has 110 valence electrons. The fourth-order valence-electron chi connectivity index (χ4n) is 3.54. The maximum absolute atomic E-state index is 6.07. The van der Waals surface area contributed by atoms with Gasteiger partial charge in [0.05, 0.1) is 6.61 Å². The molecule has 3 rings (SSSR count). The molecule has 0 aromatic heterocycles. The molecule has 2 aliphatic rings. The first kappa shape index (κ1) is 13.9. The highest BCUT2D eigenvalue weighted by Crippen LogP contribution is 2.39. The second-order valence-corrected chi connectivity index (χ2v) is 6.70. The van der Waals surface area contributed by atoms with Crippen LogP contribution in [-0.4, -0.2) is 26.2 Å². The summed E-state index contributed by atoms with van der Waals surface area (Å²) in [5.41, 5.74) is 2.72. The third kappa shape index (κ3) is 2.57. The molecule has 3 heteroatoms. The Balaban J connectivity index is 1.74. The largest absolute Gasteiger partial charge is 0.378 e. The first-order valence-electron chi connectivity index (χ1n) is 7.75. The molecule has 20 heavy (non-hydrogen) atoms. The number of ether oxygens (including phenoxy) is 1. The number of anilines is 1. The molecule has 1 aromatic carbocycles. The van der Waals surface area contributed by atoms with Crippen LogP contribution in [0.1, 0.15) is 44.4 Å². The number of hydrogen-bond donors (Lipinski definition) is 1. The zero-order valence-corrected chi connectivity index (χ0v) is 12.9. The number of fused-ring (bicyclic) bond motifs is 1. The van der Waals surface area contributed by atoms with E-state index in [1.54, 1.807) is 0 Å². The summed E-state index contributed by atoms with van der Waals surface area (Å²) in [5, 5.41) is 3.76. The highest BCUT2D eigenvalue weighted by atomic mass is 16.5. The van der Waals surface area contributed by atoms with Gasteiger partial charge in [0.15, 0.2) is 0 Å². The van der Waals surface area contributed by atoms with Gasteiger partial charge in [-0.05, 0) is 37.5 Å². The summed E-state index contributed by atoms with van der Waals surface area (Å²) >= 11 is 0. The second-order valence-electron chi connectivity index (χ2n) is 6.70. The fourth-order valence-corrected chi connectivity index (χ4v) is 3.54. The molecule has 1 aliphatic heterocycles. The predicted molar refractivity (Wildman–Crippen MR) is 83.0 cm³/mol. The van der Waals surface area contributed by atoms with Crippen LogP contribution in [0, 0.1) is 5.92 Å². The van der Waals surface area contributed by atoms with Gasteiger partial charge in [0, 0.05) is 31.2 Å². The van der Waals surface area contributed by atoms with Crippen molar-refractivity contribution in [2.45, 2.75) is 44.4 Å². The average Bonchev–Trinajstić information content (AvgIpc) is 2.46. The van der Waals surface area contributed by atoms with Crippen molar-refractivity contribution in [1.29, 1.82) is 0 Å². The standard InChI is InChI=1S/C17H26N2O/c1-17-11-5-4-6-14(17)12-20-16(18-17)13-7-9-15(10-8-13)19(2)3/h7-10,14,16,18H,4-6,11-12H2,1-3H3/t14-,16-,17-/m0/s1. The van der Waals surface area contributed by atoms with Gasteiger partial charge >= 0.3 is 0 Å². The van der Waals surface area contributed by atoms with Crippen molar-refractivity contribution in [1.82, 2.24) is 5.32 Å². The molecule has 1 aromatic rings. The van der Waals surface area contributed by atoms with Gasteiger partial charge in [0.25, 0.3) is 0 Å². The summed E-state index contributed by atoms with van der Waals surface area (Å²) in [6.45, 7) is 3.27. The van der Waals surface area contributed by atoms with Gasteiger partial charge in [0.1, 0.15) is 6.23 Å². The van der Waals surface area contributed by atoms with E-state index in [4.69, 9.17) is 4.74 Å². The van der Waals surface area contributed by atoms with E-state index in [0.29, 0.717) is 5.92 Å². The number of hydrogen-bond acceptors (Lipinski definition) is 3. The van der Waals surface area contributed by atoms with Gasteiger partial charge in [0.2, 0.25) is 0 Å². The van der Waals surface area contributed by atoms with Crippen LogP contribution < -0.4 is 10.2 Å². The molecular weight excluding hydrogens is 248 g/mol. The molecule has 0 radical (unpaired) electrons. The lowest BCUT2D eigenvalue weighted by Crippen LogP contribution is -2.57. The first-order chi connectivity index (χ1) is 9.58. The van der Waals surface area contributed by atoms with Gasteiger partial charge in [-0.3, -0.25) is 5.32 Å². The molecule has 1 heterocycles. The minimum Gasteiger partial charge on any atom is -0.378 e. The normalized spacial score (nSPS) is 33.5. The van der Waals surface area contributed by atoms with Crippen LogP contribution in [0.2, 0.25) is 0 Å². The van der Waals surface area contributed by atoms with Crippen LogP contribution in [0.5, 0.6) is 0 Å². The van der Waals surface area contributed by atoms with Gasteiger partial charge in [-0.15, -0.1) is 0 Å². The molecule has 2 fully saturated rings. The Morgan fingerprint density at radius 3 is 2.65 bits per heavy atom. The van der Waals surface area contributed by atoms with Crippen LogP contribution in [0.4, 0.5) is 5.69 Å². The highest BCUT2D eigenvalue weighted by Gasteiger charge is 2.42. The SMILES string of the molecule is CN(C)c1ccc([C@H]2N[C@@]3(C)CCCC[C@H]3CO2)cc1. The molecule has 3 nitrogen and oxygen atoms in total. The van der Waals surface area contributed by atoms with E-state index in [9.17, 15) is 0 Å². The maximum Gasteiger partial charge on any atom is 0.134 e. The van der Waals surface area contributed by atoms with Crippen molar-refractivity contribution < 1.29 is 4.74 Å². The molecule has 1 aliphatic carbocycles. The number of nitrogens with one attached hydrogen (secondary N) is 1. The first-order valence-corrected chi connectivity index (χ1v) is 7.75. The Bertz CT molecular complexity index is 457. The van der Waals surface area contributed by atoms with E-state index in [1.165, 1.54) is 36.9 Å². The zero-order valence-electron chi connectivity index (χ0n) is 12.9.